The molecule has 0 saturated carbocycles. The standard InChI is InChI=1S/C14H22N2/c1-11(2)7-15-9-13-10-16-8-12-5-3-4-6-14(12)13/h3-6,11,13,15-16H,7-10H2,1-2H3. The Morgan fingerprint density at radius 1 is 1.38 bits per heavy atom. The molecule has 16 heavy (non-hydrogen) atoms. The third-order valence-electron chi connectivity index (χ3n) is 3.14. The molecule has 0 aromatic heterocycles. The fourth-order valence-electron chi connectivity index (χ4n) is 2.31. The monoisotopic (exact) mass is 218 g/mol. The molecule has 0 radical (unpaired) electrons. The number of hydrogen-bond acceptors (Lipinski definition) is 2. The fourth-order valence-corrected chi connectivity index (χ4v) is 2.31. The fraction of sp³-hybridized carbons (Fsp3) is 0.571. The lowest BCUT2D eigenvalue weighted by atomic mass is 9.91. The van der Waals surface area contributed by atoms with Crippen molar-refractivity contribution < 1.29 is 0 Å². The molecular weight excluding hydrogens is 196 g/mol. The van der Waals surface area contributed by atoms with Gasteiger partial charge in [0.2, 0.25) is 0 Å². The van der Waals surface area contributed by atoms with Gasteiger partial charge in [-0.1, -0.05) is 38.1 Å². The topological polar surface area (TPSA) is 24.1 Å². The van der Waals surface area contributed by atoms with E-state index in [1.807, 2.05) is 0 Å². The summed E-state index contributed by atoms with van der Waals surface area (Å²) < 4.78 is 0. The molecule has 0 fully saturated rings. The Morgan fingerprint density at radius 2 is 2.19 bits per heavy atom. The van der Waals surface area contributed by atoms with E-state index in [4.69, 9.17) is 0 Å². The van der Waals surface area contributed by atoms with Crippen LogP contribution < -0.4 is 10.6 Å². The third kappa shape index (κ3) is 2.83. The van der Waals surface area contributed by atoms with Gasteiger partial charge in [-0.25, -0.2) is 0 Å². The molecular formula is C14H22N2. The van der Waals surface area contributed by atoms with E-state index in [1.54, 1.807) is 0 Å². The zero-order valence-electron chi connectivity index (χ0n) is 10.3. The zero-order valence-corrected chi connectivity index (χ0v) is 10.3. The molecule has 1 heterocycles. The number of benzene rings is 1. The van der Waals surface area contributed by atoms with Crippen LogP contribution in [0.1, 0.15) is 30.9 Å². The maximum Gasteiger partial charge on any atom is 0.0208 e. The molecule has 2 nitrogen and oxygen atoms in total. The van der Waals surface area contributed by atoms with Crippen LogP contribution in [-0.2, 0) is 6.54 Å². The summed E-state index contributed by atoms with van der Waals surface area (Å²) in [4.78, 5) is 0. The number of hydrogen-bond donors (Lipinski definition) is 2. The van der Waals surface area contributed by atoms with Gasteiger partial charge in [-0.05, 0) is 23.6 Å². The normalized spacial score (nSPS) is 19.8. The van der Waals surface area contributed by atoms with Crippen LogP contribution in [0.5, 0.6) is 0 Å². The molecule has 2 heteroatoms. The van der Waals surface area contributed by atoms with Gasteiger partial charge in [0.05, 0.1) is 0 Å². The summed E-state index contributed by atoms with van der Waals surface area (Å²) in [6, 6.07) is 8.79. The molecule has 88 valence electrons. The van der Waals surface area contributed by atoms with Crippen LogP contribution in [-0.4, -0.2) is 19.6 Å². The Balaban J connectivity index is 1.96. The molecule has 1 atom stereocenters. The van der Waals surface area contributed by atoms with Crippen LogP contribution in [0.25, 0.3) is 0 Å². The van der Waals surface area contributed by atoms with Crippen molar-refractivity contribution in [3.05, 3.63) is 35.4 Å². The number of fused-ring (bicyclic) bond motifs is 1. The Bertz CT molecular complexity index is 333. The molecule has 1 aliphatic heterocycles. The number of nitrogens with one attached hydrogen (secondary N) is 2. The van der Waals surface area contributed by atoms with Gasteiger partial charge in [-0.15, -0.1) is 0 Å². The summed E-state index contributed by atoms with van der Waals surface area (Å²) in [5, 5.41) is 7.04. The van der Waals surface area contributed by atoms with Gasteiger partial charge in [0.15, 0.2) is 0 Å². The van der Waals surface area contributed by atoms with Crippen molar-refractivity contribution in [2.24, 2.45) is 5.92 Å². The Labute approximate surface area is 98.4 Å². The summed E-state index contributed by atoms with van der Waals surface area (Å²) in [5.74, 6) is 1.36. The van der Waals surface area contributed by atoms with Crippen LogP contribution in [0.4, 0.5) is 0 Å². The molecule has 0 amide bonds. The Morgan fingerprint density at radius 3 is 3.00 bits per heavy atom. The quantitative estimate of drug-likeness (QED) is 0.809. The van der Waals surface area contributed by atoms with Crippen LogP contribution in [0.3, 0.4) is 0 Å². The molecule has 2 N–H and O–H groups in total. The Hall–Kier alpha value is -0.860. The zero-order chi connectivity index (χ0) is 11.4. The second-order valence-electron chi connectivity index (χ2n) is 5.08. The van der Waals surface area contributed by atoms with Gasteiger partial charge in [-0.3, -0.25) is 0 Å². The lowest BCUT2D eigenvalue weighted by Crippen LogP contribution is -2.35. The van der Waals surface area contributed by atoms with Crippen LogP contribution in [0.2, 0.25) is 0 Å². The van der Waals surface area contributed by atoms with E-state index in [2.05, 4.69) is 48.7 Å². The number of rotatable bonds is 4. The summed E-state index contributed by atoms with van der Waals surface area (Å²) >= 11 is 0. The first-order valence-corrected chi connectivity index (χ1v) is 6.26. The summed E-state index contributed by atoms with van der Waals surface area (Å²) in [5.41, 5.74) is 2.99. The highest BCUT2D eigenvalue weighted by Crippen LogP contribution is 2.22. The molecule has 1 aliphatic rings. The molecule has 0 saturated heterocycles. The van der Waals surface area contributed by atoms with Gasteiger partial charge < -0.3 is 10.6 Å². The second-order valence-corrected chi connectivity index (χ2v) is 5.08. The van der Waals surface area contributed by atoms with Crippen molar-refractivity contribution in [3.63, 3.8) is 0 Å². The maximum absolute atomic E-state index is 3.56. The third-order valence-corrected chi connectivity index (χ3v) is 3.14. The highest BCUT2D eigenvalue weighted by atomic mass is 14.9. The van der Waals surface area contributed by atoms with Crippen LogP contribution in [0.15, 0.2) is 24.3 Å². The lowest BCUT2D eigenvalue weighted by molar-refractivity contribution is 0.476. The van der Waals surface area contributed by atoms with Gasteiger partial charge in [0.1, 0.15) is 0 Å². The first-order chi connectivity index (χ1) is 7.77. The predicted molar refractivity (Wildman–Crippen MR) is 68.6 cm³/mol. The van der Waals surface area contributed by atoms with Crippen molar-refractivity contribution >= 4 is 0 Å². The molecule has 0 spiro atoms. The smallest absolute Gasteiger partial charge is 0.0208 e. The summed E-state index contributed by atoms with van der Waals surface area (Å²) in [6.45, 7) is 8.82. The average Bonchev–Trinajstić information content (AvgIpc) is 2.29. The van der Waals surface area contributed by atoms with E-state index in [9.17, 15) is 0 Å². The van der Waals surface area contributed by atoms with Gasteiger partial charge in [-0.2, -0.15) is 0 Å². The first kappa shape index (κ1) is 11.6. The maximum atomic E-state index is 3.56. The average molecular weight is 218 g/mol. The molecule has 1 aromatic rings. The first-order valence-electron chi connectivity index (χ1n) is 6.26. The molecule has 1 unspecified atom stereocenters. The second kappa shape index (κ2) is 5.46. The molecule has 2 rings (SSSR count). The van der Waals surface area contributed by atoms with E-state index >= 15 is 0 Å². The van der Waals surface area contributed by atoms with E-state index in [-0.39, 0.29) is 0 Å². The largest absolute Gasteiger partial charge is 0.316 e. The predicted octanol–water partition coefficient (Wildman–Crippen LogP) is 2.12. The molecule has 0 bridgehead atoms. The van der Waals surface area contributed by atoms with Gasteiger partial charge >= 0.3 is 0 Å². The van der Waals surface area contributed by atoms with Crippen LogP contribution in [0, 0.1) is 5.92 Å². The van der Waals surface area contributed by atoms with Crippen molar-refractivity contribution in [1.82, 2.24) is 10.6 Å². The van der Waals surface area contributed by atoms with E-state index in [0.29, 0.717) is 5.92 Å². The van der Waals surface area contributed by atoms with Crippen LogP contribution >= 0.6 is 0 Å². The SMILES string of the molecule is CC(C)CNCC1CNCc2ccccc21. The van der Waals surface area contributed by atoms with E-state index in [0.717, 1.165) is 32.1 Å². The minimum absolute atomic E-state index is 0.628. The van der Waals surface area contributed by atoms with Crippen molar-refractivity contribution in [2.75, 3.05) is 19.6 Å². The minimum atomic E-state index is 0.628. The van der Waals surface area contributed by atoms with Crippen molar-refractivity contribution in [2.45, 2.75) is 26.3 Å². The highest BCUT2D eigenvalue weighted by molar-refractivity contribution is 5.32. The van der Waals surface area contributed by atoms with Gasteiger partial charge in [0.25, 0.3) is 0 Å². The van der Waals surface area contributed by atoms with E-state index < -0.39 is 0 Å². The minimum Gasteiger partial charge on any atom is -0.316 e. The molecule has 0 aliphatic carbocycles. The highest BCUT2D eigenvalue weighted by Gasteiger charge is 2.18. The van der Waals surface area contributed by atoms with Gasteiger partial charge in [0, 0.05) is 25.6 Å². The van der Waals surface area contributed by atoms with Crippen molar-refractivity contribution in [3.8, 4) is 0 Å². The van der Waals surface area contributed by atoms with Crippen molar-refractivity contribution in [1.29, 1.82) is 0 Å². The molecule has 1 aromatic carbocycles. The van der Waals surface area contributed by atoms with E-state index in [1.165, 1.54) is 11.1 Å². The summed E-state index contributed by atoms with van der Waals surface area (Å²) in [6.07, 6.45) is 0. The Kier molecular flexibility index (Phi) is 3.97. The lowest BCUT2D eigenvalue weighted by Gasteiger charge is -2.27. The summed E-state index contributed by atoms with van der Waals surface area (Å²) in [7, 11) is 0.